The third-order valence-corrected chi connectivity index (χ3v) is 2.90. The second-order valence-corrected chi connectivity index (χ2v) is 4.33. The molecule has 7 heteroatoms. The van der Waals surface area contributed by atoms with Crippen LogP contribution in [0, 0.1) is 17.1 Å². The average Bonchev–Trinajstić information content (AvgIpc) is 2.84. The summed E-state index contributed by atoms with van der Waals surface area (Å²) in [6.45, 7) is 0.386. The molecule has 2 rings (SSSR count). The predicted molar refractivity (Wildman–Crippen MR) is 75.5 cm³/mol. The molecular formula is C14H13FLiN3O2. The topological polar surface area (TPSA) is 78.9 Å². The fraction of sp³-hybridized carbons (Fsp3) is 0.214. The van der Waals surface area contributed by atoms with Crippen molar-refractivity contribution in [3.05, 3.63) is 53.4 Å². The standard InChI is InChI=1S/C14H12FN3O2.Li.H/c15-13-5-10(1-2-11(13)6-16)8-18-9-17-7-12(18)3-4-14(19)20;;/h1-2,5,7,9H,3-4,8H2,(H,19,20);;. The molecule has 5 nitrogen and oxygen atoms in total. The van der Waals surface area contributed by atoms with Gasteiger partial charge in [-0.2, -0.15) is 5.26 Å². The average molecular weight is 281 g/mol. The van der Waals surface area contributed by atoms with Gasteiger partial charge in [-0.1, -0.05) is 6.07 Å². The number of aromatic nitrogens is 2. The Morgan fingerprint density at radius 2 is 2.24 bits per heavy atom. The number of carboxylic acids is 1. The number of hydrogen-bond donors (Lipinski definition) is 1. The molecule has 104 valence electrons. The van der Waals surface area contributed by atoms with Crippen molar-refractivity contribution in [2.24, 2.45) is 0 Å². The Morgan fingerprint density at radius 3 is 2.86 bits per heavy atom. The van der Waals surface area contributed by atoms with Crippen molar-refractivity contribution in [2.45, 2.75) is 19.4 Å². The zero-order chi connectivity index (χ0) is 14.5. The van der Waals surface area contributed by atoms with Gasteiger partial charge >= 0.3 is 24.8 Å². The van der Waals surface area contributed by atoms with Gasteiger partial charge in [-0.3, -0.25) is 4.79 Å². The molecule has 0 bridgehead atoms. The summed E-state index contributed by atoms with van der Waals surface area (Å²) in [4.78, 5) is 14.5. The Kier molecular flexibility index (Phi) is 6.17. The summed E-state index contributed by atoms with van der Waals surface area (Å²) in [6.07, 6.45) is 3.57. The van der Waals surface area contributed by atoms with Gasteiger partial charge in [0.05, 0.1) is 18.3 Å². The van der Waals surface area contributed by atoms with Crippen molar-refractivity contribution >= 4 is 24.8 Å². The molecule has 21 heavy (non-hydrogen) atoms. The first-order valence-electron chi connectivity index (χ1n) is 5.99. The van der Waals surface area contributed by atoms with Crippen molar-refractivity contribution in [1.29, 1.82) is 5.26 Å². The van der Waals surface area contributed by atoms with Crippen molar-refractivity contribution in [1.82, 2.24) is 9.55 Å². The molecule has 1 heterocycles. The number of carboxylic acid groups (broad SMARTS) is 1. The molecule has 0 saturated carbocycles. The Balaban J connectivity index is 0.00000220. The maximum absolute atomic E-state index is 13.5. The minimum absolute atomic E-state index is 0. The number of hydrogen-bond acceptors (Lipinski definition) is 3. The van der Waals surface area contributed by atoms with Crippen LogP contribution in [0.4, 0.5) is 4.39 Å². The van der Waals surface area contributed by atoms with Gasteiger partial charge in [-0.15, -0.1) is 0 Å². The van der Waals surface area contributed by atoms with Gasteiger partial charge in [0.25, 0.3) is 0 Å². The van der Waals surface area contributed by atoms with Gasteiger partial charge in [-0.25, -0.2) is 9.37 Å². The zero-order valence-electron chi connectivity index (χ0n) is 10.6. The van der Waals surface area contributed by atoms with E-state index in [1.165, 1.54) is 12.1 Å². The molecule has 1 aromatic carbocycles. The van der Waals surface area contributed by atoms with E-state index in [1.54, 1.807) is 29.2 Å². The molecule has 0 unspecified atom stereocenters. The second kappa shape index (κ2) is 7.63. The number of halogens is 1. The van der Waals surface area contributed by atoms with E-state index >= 15 is 0 Å². The van der Waals surface area contributed by atoms with Gasteiger partial charge in [0, 0.05) is 18.4 Å². The molecule has 0 amide bonds. The molecule has 0 fully saturated rings. The van der Waals surface area contributed by atoms with Crippen molar-refractivity contribution in [2.75, 3.05) is 0 Å². The molecule has 1 N–H and O–H groups in total. The molecule has 0 aliphatic heterocycles. The first kappa shape index (κ1) is 17.0. The van der Waals surface area contributed by atoms with Crippen LogP contribution in [0.1, 0.15) is 23.2 Å². The number of rotatable bonds is 5. The van der Waals surface area contributed by atoms with E-state index in [-0.39, 0.29) is 30.8 Å². The minimum atomic E-state index is -0.873. The quantitative estimate of drug-likeness (QED) is 0.838. The maximum atomic E-state index is 13.5. The Hall–Kier alpha value is -2.08. The van der Waals surface area contributed by atoms with Gasteiger partial charge in [-0.05, 0) is 24.1 Å². The van der Waals surface area contributed by atoms with E-state index in [0.717, 1.165) is 5.69 Å². The van der Waals surface area contributed by atoms with Crippen LogP contribution in [0.2, 0.25) is 0 Å². The van der Waals surface area contributed by atoms with Crippen LogP contribution in [-0.4, -0.2) is 39.5 Å². The van der Waals surface area contributed by atoms with E-state index in [9.17, 15) is 9.18 Å². The Bertz CT molecular complexity index is 679. The normalized spacial score (nSPS) is 9.71. The molecule has 0 saturated heterocycles. The fourth-order valence-electron chi connectivity index (χ4n) is 1.88. The van der Waals surface area contributed by atoms with Gasteiger partial charge in [0.1, 0.15) is 11.9 Å². The first-order chi connectivity index (χ1) is 9.60. The molecule has 0 aliphatic carbocycles. The summed E-state index contributed by atoms with van der Waals surface area (Å²) >= 11 is 0. The second-order valence-electron chi connectivity index (χ2n) is 4.33. The third-order valence-electron chi connectivity index (χ3n) is 2.90. The number of aliphatic carboxylic acids is 1. The summed E-state index contributed by atoms with van der Waals surface area (Å²) in [5.41, 5.74) is 1.47. The monoisotopic (exact) mass is 281 g/mol. The number of aryl methyl sites for hydroxylation is 1. The SMILES string of the molecule is N#Cc1ccc(Cn2cncc2CCC(=O)O)cc1F.[LiH]. The summed E-state index contributed by atoms with van der Waals surface area (Å²) in [5.74, 6) is -1.43. The Labute approximate surface area is 133 Å². The Morgan fingerprint density at radius 1 is 1.48 bits per heavy atom. The number of carbonyl (C=O) groups is 1. The van der Waals surface area contributed by atoms with E-state index in [2.05, 4.69) is 4.98 Å². The summed E-state index contributed by atoms with van der Waals surface area (Å²) in [7, 11) is 0. The predicted octanol–water partition coefficient (Wildman–Crippen LogP) is 1.31. The summed E-state index contributed by atoms with van der Waals surface area (Å²) in [6, 6.07) is 6.17. The van der Waals surface area contributed by atoms with Crippen LogP contribution in [0.3, 0.4) is 0 Å². The number of imidazole rings is 1. The number of nitriles is 1. The molecule has 0 atom stereocenters. The molecular weight excluding hydrogens is 268 g/mol. The molecule has 0 spiro atoms. The molecule has 0 aliphatic rings. The molecule has 2 aromatic rings. The first-order valence-corrected chi connectivity index (χ1v) is 5.99. The van der Waals surface area contributed by atoms with Crippen molar-refractivity contribution in [3.8, 4) is 6.07 Å². The van der Waals surface area contributed by atoms with Crippen LogP contribution in [0.15, 0.2) is 30.7 Å². The van der Waals surface area contributed by atoms with Crippen molar-refractivity contribution in [3.63, 3.8) is 0 Å². The molecule has 1 aromatic heterocycles. The van der Waals surface area contributed by atoms with E-state index < -0.39 is 11.8 Å². The molecule has 0 radical (unpaired) electrons. The van der Waals surface area contributed by atoms with Crippen molar-refractivity contribution < 1.29 is 14.3 Å². The van der Waals surface area contributed by atoms with Crippen LogP contribution < -0.4 is 0 Å². The van der Waals surface area contributed by atoms with Gasteiger partial charge < -0.3 is 9.67 Å². The summed E-state index contributed by atoms with van der Waals surface area (Å²) < 4.78 is 15.3. The van der Waals surface area contributed by atoms with Gasteiger partial charge in [0.15, 0.2) is 0 Å². The van der Waals surface area contributed by atoms with E-state index in [1.807, 2.05) is 0 Å². The van der Waals surface area contributed by atoms with E-state index in [4.69, 9.17) is 10.4 Å². The van der Waals surface area contributed by atoms with Crippen LogP contribution in [-0.2, 0) is 17.8 Å². The van der Waals surface area contributed by atoms with Crippen LogP contribution in [0.25, 0.3) is 0 Å². The van der Waals surface area contributed by atoms with Crippen LogP contribution in [0.5, 0.6) is 0 Å². The van der Waals surface area contributed by atoms with Crippen LogP contribution >= 0.6 is 0 Å². The zero-order valence-corrected chi connectivity index (χ0v) is 10.6. The number of benzene rings is 1. The van der Waals surface area contributed by atoms with E-state index in [0.29, 0.717) is 18.5 Å². The summed E-state index contributed by atoms with van der Waals surface area (Å²) in [5, 5.41) is 17.3. The third kappa shape index (κ3) is 4.46. The fourth-order valence-corrected chi connectivity index (χ4v) is 1.88. The number of nitrogens with zero attached hydrogens (tertiary/aromatic N) is 3. The van der Waals surface area contributed by atoms with Gasteiger partial charge in [0.2, 0.25) is 0 Å².